The minimum absolute atomic E-state index is 0.0306. The Balaban J connectivity index is 1.94. The van der Waals surface area contributed by atoms with Crippen LogP contribution in [0.3, 0.4) is 0 Å². The van der Waals surface area contributed by atoms with Crippen molar-refractivity contribution in [1.29, 1.82) is 0 Å². The lowest BCUT2D eigenvalue weighted by Crippen LogP contribution is -2.39. The summed E-state index contributed by atoms with van der Waals surface area (Å²) in [4.78, 5) is 16.2. The lowest BCUT2D eigenvalue weighted by atomic mass is 10.1. The van der Waals surface area contributed by atoms with E-state index in [1.54, 1.807) is 0 Å². The molecule has 1 aromatic carbocycles. The number of carbonyl (C=O) groups is 1. The third-order valence-electron chi connectivity index (χ3n) is 4.51. The summed E-state index contributed by atoms with van der Waals surface area (Å²) in [6.07, 6.45) is -3.29. The number of carbonyl (C=O) groups excluding carboxylic acids is 1. The van der Waals surface area contributed by atoms with Crippen molar-refractivity contribution in [3.05, 3.63) is 29.8 Å². The molecule has 1 unspecified atom stereocenters. The highest BCUT2D eigenvalue weighted by atomic mass is 32.2. The minimum atomic E-state index is -4.62. The van der Waals surface area contributed by atoms with Crippen molar-refractivity contribution in [2.24, 2.45) is 5.16 Å². The Hall–Kier alpha value is -2.14. The maximum absolute atomic E-state index is 12.8. The lowest BCUT2D eigenvalue weighted by Gasteiger charge is -2.26. The maximum Gasteiger partial charge on any atom is 0.416 e. The normalized spacial score (nSPS) is 16.9. The molecule has 1 atom stereocenters. The van der Waals surface area contributed by atoms with Crippen molar-refractivity contribution in [3.8, 4) is 0 Å². The molecule has 0 bridgehead atoms. The zero-order valence-electron chi connectivity index (χ0n) is 16.2. The van der Waals surface area contributed by atoms with Crippen molar-refractivity contribution in [2.75, 3.05) is 19.7 Å². The molecule has 0 aliphatic carbocycles. The number of halogens is 3. The molecule has 1 aliphatic heterocycles. The number of oxime groups is 1. The third kappa shape index (κ3) is 6.43. The number of alkyl halides is 3. The summed E-state index contributed by atoms with van der Waals surface area (Å²) in [5.74, 6) is -0.298. The largest absolute Gasteiger partial charge is 0.416 e. The molecule has 1 N–H and O–H groups in total. The summed E-state index contributed by atoms with van der Waals surface area (Å²) in [5, 5.41) is 6.60. The van der Waals surface area contributed by atoms with E-state index in [1.807, 2.05) is 13.8 Å². The summed E-state index contributed by atoms with van der Waals surface area (Å²) in [6.45, 7) is 3.71. The Morgan fingerprint density at radius 1 is 1.31 bits per heavy atom. The number of sulfonamides is 1. The highest BCUT2D eigenvalue weighted by Gasteiger charge is 2.33. The van der Waals surface area contributed by atoms with Crippen LogP contribution in [-0.4, -0.2) is 50.1 Å². The SMILES string of the molecule is CCC(C)NC(=O)CON=C1CCN(S(=O)(=O)c2cccc(C(F)(F)F)c2)CC1. The fourth-order valence-electron chi connectivity index (χ4n) is 2.66. The fraction of sp³-hybridized carbons (Fsp3) is 0.556. The van der Waals surface area contributed by atoms with Crippen LogP contribution in [0, 0.1) is 0 Å². The number of nitrogens with one attached hydrogen (secondary N) is 1. The molecule has 0 saturated carbocycles. The number of benzene rings is 1. The van der Waals surface area contributed by atoms with Crippen LogP contribution in [-0.2, 0) is 25.8 Å². The average molecular weight is 435 g/mol. The molecule has 1 fully saturated rings. The summed E-state index contributed by atoms with van der Waals surface area (Å²) < 4.78 is 65.0. The summed E-state index contributed by atoms with van der Waals surface area (Å²) in [6, 6.07) is 3.72. The molecule has 11 heteroatoms. The Morgan fingerprint density at radius 3 is 2.55 bits per heavy atom. The second-order valence-electron chi connectivity index (χ2n) is 6.74. The van der Waals surface area contributed by atoms with E-state index >= 15 is 0 Å². The molecule has 2 rings (SSSR count). The number of nitrogens with zero attached hydrogens (tertiary/aromatic N) is 2. The first-order valence-corrected chi connectivity index (χ1v) is 10.6. The molecule has 0 spiro atoms. The molecule has 1 saturated heterocycles. The van der Waals surface area contributed by atoms with E-state index in [4.69, 9.17) is 4.84 Å². The van der Waals surface area contributed by atoms with E-state index in [0.29, 0.717) is 11.8 Å². The van der Waals surface area contributed by atoms with Crippen molar-refractivity contribution < 1.29 is 31.2 Å². The van der Waals surface area contributed by atoms with Crippen LogP contribution in [0.2, 0.25) is 0 Å². The van der Waals surface area contributed by atoms with Gasteiger partial charge in [0.2, 0.25) is 10.0 Å². The van der Waals surface area contributed by atoms with Crippen molar-refractivity contribution in [1.82, 2.24) is 9.62 Å². The van der Waals surface area contributed by atoms with Crippen LogP contribution < -0.4 is 5.32 Å². The van der Waals surface area contributed by atoms with Gasteiger partial charge in [-0.1, -0.05) is 18.1 Å². The predicted molar refractivity (Wildman–Crippen MR) is 101 cm³/mol. The molecule has 1 heterocycles. The predicted octanol–water partition coefficient (Wildman–Crippen LogP) is 2.78. The highest BCUT2D eigenvalue weighted by Crippen LogP contribution is 2.31. The molecular formula is C18H24F3N3O4S. The van der Waals surface area contributed by atoms with Gasteiger partial charge in [-0.3, -0.25) is 4.79 Å². The lowest BCUT2D eigenvalue weighted by molar-refractivity contribution is -0.137. The van der Waals surface area contributed by atoms with Gasteiger partial charge in [-0.25, -0.2) is 8.42 Å². The Morgan fingerprint density at radius 2 is 1.97 bits per heavy atom. The smallest absolute Gasteiger partial charge is 0.386 e. The van der Waals surface area contributed by atoms with Gasteiger partial charge in [0.1, 0.15) is 0 Å². The molecule has 0 aromatic heterocycles. The molecule has 1 amide bonds. The van der Waals surface area contributed by atoms with Gasteiger partial charge in [0, 0.05) is 32.0 Å². The molecule has 1 aliphatic rings. The number of hydrogen-bond acceptors (Lipinski definition) is 5. The molecule has 29 heavy (non-hydrogen) atoms. The standard InChI is InChI=1S/C18H24F3N3O4S/c1-3-13(2)22-17(25)12-28-23-15-7-9-24(10-8-15)29(26,27)16-6-4-5-14(11-16)18(19,20)21/h4-6,11,13H,3,7-10,12H2,1-2H3,(H,22,25). The van der Waals surface area contributed by atoms with E-state index in [1.165, 1.54) is 0 Å². The first-order chi connectivity index (χ1) is 13.5. The van der Waals surface area contributed by atoms with E-state index in [2.05, 4.69) is 10.5 Å². The maximum atomic E-state index is 12.8. The minimum Gasteiger partial charge on any atom is -0.386 e. The quantitative estimate of drug-likeness (QED) is 0.667. The van der Waals surface area contributed by atoms with Crippen LogP contribution in [0.1, 0.15) is 38.7 Å². The molecule has 162 valence electrons. The number of rotatable bonds is 7. The zero-order chi connectivity index (χ0) is 21.7. The second-order valence-corrected chi connectivity index (χ2v) is 8.68. The van der Waals surface area contributed by atoms with Crippen molar-refractivity contribution in [3.63, 3.8) is 0 Å². The summed E-state index contributed by atoms with van der Waals surface area (Å²) >= 11 is 0. The van der Waals surface area contributed by atoms with Crippen LogP contribution in [0.25, 0.3) is 0 Å². The van der Waals surface area contributed by atoms with Crippen molar-refractivity contribution in [2.45, 2.75) is 50.2 Å². The zero-order valence-corrected chi connectivity index (χ0v) is 17.0. The first-order valence-electron chi connectivity index (χ1n) is 9.18. The van der Waals surface area contributed by atoms with E-state index < -0.39 is 26.7 Å². The molecule has 7 nitrogen and oxygen atoms in total. The first kappa shape index (κ1) is 23.1. The highest BCUT2D eigenvalue weighted by molar-refractivity contribution is 7.89. The summed E-state index contributed by atoms with van der Waals surface area (Å²) in [5.41, 5.74) is -0.418. The molecule has 1 aromatic rings. The van der Waals surface area contributed by atoms with Crippen LogP contribution in [0.5, 0.6) is 0 Å². The van der Waals surface area contributed by atoms with Gasteiger partial charge in [-0.05, 0) is 31.5 Å². The van der Waals surface area contributed by atoms with E-state index in [-0.39, 0.29) is 44.5 Å². The van der Waals surface area contributed by atoms with Gasteiger partial charge in [0.25, 0.3) is 5.91 Å². The number of amides is 1. The van der Waals surface area contributed by atoms with Gasteiger partial charge in [-0.15, -0.1) is 0 Å². The van der Waals surface area contributed by atoms with Gasteiger partial charge in [0.15, 0.2) is 6.61 Å². The topological polar surface area (TPSA) is 88.1 Å². The average Bonchev–Trinajstić information content (AvgIpc) is 2.67. The van der Waals surface area contributed by atoms with Crippen LogP contribution in [0.15, 0.2) is 34.3 Å². The Bertz CT molecular complexity index is 846. The van der Waals surface area contributed by atoms with Gasteiger partial charge in [-0.2, -0.15) is 17.5 Å². The summed E-state index contributed by atoms with van der Waals surface area (Å²) in [7, 11) is -4.05. The van der Waals surface area contributed by atoms with E-state index in [0.717, 1.165) is 28.9 Å². The Labute approximate surface area is 167 Å². The van der Waals surface area contributed by atoms with Gasteiger partial charge < -0.3 is 10.2 Å². The second kappa shape index (κ2) is 9.57. The van der Waals surface area contributed by atoms with Gasteiger partial charge >= 0.3 is 6.18 Å². The van der Waals surface area contributed by atoms with Crippen LogP contribution >= 0.6 is 0 Å². The molecule has 0 radical (unpaired) electrons. The monoisotopic (exact) mass is 435 g/mol. The number of hydrogen-bond donors (Lipinski definition) is 1. The van der Waals surface area contributed by atoms with Gasteiger partial charge in [0.05, 0.1) is 16.2 Å². The third-order valence-corrected chi connectivity index (χ3v) is 6.40. The van der Waals surface area contributed by atoms with Crippen molar-refractivity contribution >= 4 is 21.6 Å². The number of piperidine rings is 1. The molecular weight excluding hydrogens is 411 g/mol. The van der Waals surface area contributed by atoms with Crippen LogP contribution in [0.4, 0.5) is 13.2 Å². The van der Waals surface area contributed by atoms with E-state index in [9.17, 15) is 26.4 Å². The Kier molecular flexibility index (Phi) is 7.64. The fourth-order valence-corrected chi connectivity index (χ4v) is 4.15.